The second kappa shape index (κ2) is 8.94. The number of hydrogen-bond acceptors (Lipinski definition) is 6. The van der Waals surface area contributed by atoms with Crippen molar-refractivity contribution in [2.45, 2.75) is 39.0 Å². The van der Waals surface area contributed by atoms with Crippen LogP contribution in [0.25, 0.3) is 0 Å². The Morgan fingerprint density at radius 3 is 2.87 bits per heavy atom. The summed E-state index contributed by atoms with van der Waals surface area (Å²) < 4.78 is 5.60. The SMILES string of the molecule is Cc1ccc(C)c(NC(=O)CSC2=C(C#N)C(c3ccco3)C3C(=O)CCCC3=N2)c1. The van der Waals surface area contributed by atoms with E-state index in [1.807, 2.05) is 32.0 Å². The number of benzene rings is 1. The van der Waals surface area contributed by atoms with Crippen molar-refractivity contribution >= 4 is 34.9 Å². The summed E-state index contributed by atoms with van der Waals surface area (Å²) in [6, 6.07) is 11.7. The van der Waals surface area contributed by atoms with Crippen LogP contribution in [0.1, 0.15) is 42.1 Å². The molecule has 1 N–H and O–H groups in total. The van der Waals surface area contributed by atoms with Crippen molar-refractivity contribution in [3.05, 3.63) is 64.1 Å². The number of nitrogens with zero attached hydrogens (tertiary/aromatic N) is 2. The van der Waals surface area contributed by atoms with Crippen LogP contribution in [0.5, 0.6) is 0 Å². The maximum atomic E-state index is 12.7. The number of hydrogen-bond donors (Lipinski definition) is 1. The van der Waals surface area contributed by atoms with Crippen LogP contribution >= 0.6 is 11.8 Å². The average Bonchev–Trinajstić information content (AvgIpc) is 3.28. The van der Waals surface area contributed by atoms with Crippen molar-refractivity contribution in [2.24, 2.45) is 10.9 Å². The minimum atomic E-state index is -0.482. The number of rotatable bonds is 5. The van der Waals surface area contributed by atoms with Crippen LogP contribution in [0.3, 0.4) is 0 Å². The fourth-order valence-electron chi connectivity index (χ4n) is 4.13. The van der Waals surface area contributed by atoms with Crippen LogP contribution in [0.4, 0.5) is 5.69 Å². The summed E-state index contributed by atoms with van der Waals surface area (Å²) in [6.07, 6.45) is 3.50. The standard InChI is InChI=1S/C24H23N3O3S/c1-14-8-9-15(2)18(11-14)26-21(29)13-31-24-16(12-25)22(20-7-4-10-30-20)23-17(27-24)5-3-6-19(23)28/h4,7-11,22-23H,3,5-6,13H2,1-2H3,(H,26,29). The van der Waals surface area contributed by atoms with Crippen molar-refractivity contribution in [2.75, 3.05) is 11.1 Å². The summed E-state index contributed by atoms with van der Waals surface area (Å²) in [5.41, 5.74) is 4.01. The lowest BCUT2D eigenvalue weighted by atomic mass is 9.72. The van der Waals surface area contributed by atoms with Gasteiger partial charge >= 0.3 is 0 Å². The van der Waals surface area contributed by atoms with E-state index in [9.17, 15) is 14.9 Å². The molecule has 2 heterocycles. The molecule has 6 nitrogen and oxygen atoms in total. The van der Waals surface area contributed by atoms with E-state index in [2.05, 4.69) is 16.4 Å². The number of furan rings is 1. The Bertz CT molecular complexity index is 1130. The topological polar surface area (TPSA) is 95.5 Å². The van der Waals surface area contributed by atoms with Crippen LogP contribution in [0.2, 0.25) is 0 Å². The van der Waals surface area contributed by atoms with Crippen molar-refractivity contribution < 1.29 is 14.0 Å². The molecule has 1 fully saturated rings. The minimum Gasteiger partial charge on any atom is -0.469 e. The third-order valence-corrected chi connectivity index (χ3v) is 6.65. The van der Waals surface area contributed by atoms with Gasteiger partial charge in [-0.1, -0.05) is 23.9 Å². The molecule has 0 spiro atoms. The number of Topliss-reactive ketones (excluding diaryl/α,β-unsaturated/α-hetero) is 1. The number of aryl methyl sites for hydroxylation is 2. The summed E-state index contributed by atoms with van der Waals surface area (Å²) in [5.74, 6) is -0.306. The molecule has 1 aliphatic heterocycles. The number of amides is 1. The first-order valence-corrected chi connectivity index (χ1v) is 11.2. The van der Waals surface area contributed by atoms with E-state index in [1.165, 1.54) is 11.8 Å². The minimum absolute atomic E-state index is 0.0934. The van der Waals surface area contributed by atoms with Gasteiger partial charge in [-0.2, -0.15) is 5.26 Å². The smallest absolute Gasteiger partial charge is 0.234 e. The molecule has 1 aromatic carbocycles. The monoisotopic (exact) mass is 433 g/mol. The van der Waals surface area contributed by atoms with E-state index in [1.54, 1.807) is 18.4 Å². The van der Waals surface area contributed by atoms with Gasteiger partial charge in [0.25, 0.3) is 0 Å². The molecule has 1 saturated carbocycles. The van der Waals surface area contributed by atoms with E-state index >= 15 is 0 Å². The predicted molar refractivity (Wildman–Crippen MR) is 121 cm³/mol. The average molecular weight is 434 g/mol. The maximum absolute atomic E-state index is 12.7. The summed E-state index contributed by atoms with van der Waals surface area (Å²) in [5, 5.41) is 13.4. The fourth-order valence-corrected chi connectivity index (χ4v) is 4.98. The summed E-state index contributed by atoms with van der Waals surface area (Å²) in [7, 11) is 0. The van der Waals surface area contributed by atoms with E-state index in [4.69, 9.17) is 4.42 Å². The Kier molecular flexibility index (Phi) is 6.10. The number of carbonyl (C=O) groups excluding carboxylic acids is 2. The number of fused-ring (bicyclic) bond motifs is 1. The molecule has 2 aliphatic rings. The zero-order valence-electron chi connectivity index (χ0n) is 17.5. The fraction of sp³-hybridized carbons (Fsp3) is 0.333. The highest BCUT2D eigenvalue weighted by atomic mass is 32.2. The molecule has 1 aliphatic carbocycles. The molecule has 158 valence electrons. The molecule has 0 saturated heterocycles. The van der Waals surface area contributed by atoms with Crippen molar-refractivity contribution in [3.63, 3.8) is 0 Å². The van der Waals surface area contributed by atoms with Gasteiger partial charge in [0, 0.05) is 17.8 Å². The first-order chi connectivity index (χ1) is 15.0. The summed E-state index contributed by atoms with van der Waals surface area (Å²) in [6.45, 7) is 3.92. The van der Waals surface area contributed by atoms with Crippen molar-refractivity contribution in [1.82, 2.24) is 0 Å². The lowest BCUT2D eigenvalue weighted by molar-refractivity contribution is -0.122. The molecule has 7 heteroatoms. The number of nitriles is 1. The molecule has 2 unspecified atom stereocenters. The number of ketones is 1. The van der Waals surface area contributed by atoms with Gasteiger partial charge in [0.1, 0.15) is 16.6 Å². The molecule has 1 amide bonds. The third-order valence-electron chi connectivity index (χ3n) is 5.66. The number of thioether (sulfide) groups is 1. The van der Waals surface area contributed by atoms with Gasteiger partial charge in [0.2, 0.25) is 5.91 Å². The van der Waals surface area contributed by atoms with Gasteiger partial charge in [-0.3, -0.25) is 9.59 Å². The van der Waals surface area contributed by atoms with Crippen LogP contribution in [0, 0.1) is 31.1 Å². The van der Waals surface area contributed by atoms with E-state index in [0.29, 0.717) is 29.2 Å². The highest BCUT2D eigenvalue weighted by Gasteiger charge is 2.43. The highest BCUT2D eigenvalue weighted by molar-refractivity contribution is 8.03. The number of anilines is 1. The van der Waals surface area contributed by atoms with Crippen LogP contribution in [-0.2, 0) is 9.59 Å². The number of aliphatic imine (C=N–C) groups is 1. The summed E-state index contributed by atoms with van der Waals surface area (Å²) in [4.78, 5) is 30.0. The zero-order chi connectivity index (χ0) is 22.0. The lowest BCUT2D eigenvalue weighted by Crippen LogP contribution is -2.37. The molecule has 4 rings (SSSR count). The first-order valence-electron chi connectivity index (χ1n) is 10.3. The van der Waals surface area contributed by atoms with Gasteiger partial charge in [-0.25, -0.2) is 4.99 Å². The van der Waals surface area contributed by atoms with E-state index in [-0.39, 0.29) is 17.4 Å². The maximum Gasteiger partial charge on any atom is 0.234 e. The van der Waals surface area contributed by atoms with Crippen LogP contribution in [-0.4, -0.2) is 23.2 Å². The number of nitrogens with one attached hydrogen (secondary N) is 1. The van der Waals surface area contributed by atoms with E-state index in [0.717, 1.165) is 28.9 Å². The van der Waals surface area contributed by atoms with Gasteiger partial charge in [0.15, 0.2) is 0 Å². The quantitative estimate of drug-likeness (QED) is 0.723. The van der Waals surface area contributed by atoms with Gasteiger partial charge in [0.05, 0.1) is 35.5 Å². The lowest BCUT2D eigenvalue weighted by Gasteiger charge is -2.33. The molecular formula is C24H23N3O3S. The third kappa shape index (κ3) is 4.35. The number of allylic oxidation sites excluding steroid dienone is 1. The zero-order valence-corrected chi connectivity index (χ0v) is 18.3. The van der Waals surface area contributed by atoms with Crippen LogP contribution < -0.4 is 5.32 Å². The predicted octanol–water partition coefficient (Wildman–Crippen LogP) is 4.91. The van der Waals surface area contributed by atoms with Crippen molar-refractivity contribution in [1.29, 1.82) is 5.26 Å². The second-order valence-corrected chi connectivity index (χ2v) is 8.84. The highest BCUT2D eigenvalue weighted by Crippen LogP contribution is 2.45. The molecule has 31 heavy (non-hydrogen) atoms. The normalized spacial score (nSPS) is 20.7. The molecule has 0 radical (unpaired) electrons. The molecule has 2 aromatic rings. The second-order valence-electron chi connectivity index (χ2n) is 7.88. The Hall–Kier alpha value is -3.11. The largest absolute Gasteiger partial charge is 0.469 e. The molecule has 0 bridgehead atoms. The van der Waals surface area contributed by atoms with Gasteiger partial charge in [-0.05, 0) is 56.0 Å². The van der Waals surface area contributed by atoms with Gasteiger partial charge < -0.3 is 9.73 Å². The Labute approximate surface area is 185 Å². The van der Waals surface area contributed by atoms with Crippen molar-refractivity contribution in [3.8, 4) is 6.07 Å². The van der Waals surface area contributed by atoms with Gasteiger partial charge in [-0.15, -0.1) is 0 Å². The Morgan fingerprint density at radius 1 is 1.29 bits per heavy atom. The Balaban J connectivity index is 1.58. The van der Waals surface area contributed by atoms with E-state index < -0.39 is 11.8 Å². The Morgan fingerprint density at radius 2 is 2.13 bits per heavy atom. The first kappa shape index (κ1) is 21.1. The molecular weight excluding hydrogens is 410 g/mol. The van der Waals surface area contributed by atoms with Crippen LogP contribution in [0.15, 0.2) is 56.6 Å². The molecule has 1 aromatic heterocycles. The number of carbonyl (C=O) groups is 2. The summed E-state index contributed by atoms with van der Waals surface area (Å²) >= 11 is 1.23. The molecule has 2 atom stereocenters.